The van der Waals surface area contributed by atoms with Crippen molar-refractivity contribution in [2.45, 2.75) is 37.9 Å². The van der Waals surface area contributed by atoms with Crippen molar-refractivity contribution in [3.05, 3.63) is 0 Å². The monoisotopic (exact) mass is 188 g/mol. The van der Waals surface area contributed by atoms with E-state index >= 15 is 0 Å². The summed E-state index contributed by atoms with van der Waals surface area (Å²) in [5, 5.41) is 9.09. The number of carbonyl (C=O) groups is 1. The predicted octanol–water partition coefficient (Wildman–Crippen LogP) is 2.38. The lowest BCUT2D eigenvalue weighted by Crippen LogP contribution is -2.33. The van der Waals surface area contributed by atoms with Crippen molar-refractivity contribution in [2.75, 3.05) is 5.75 Å². The lowest BCUT2D eigenvalue weighted by molar-refractivity contribution is -0.140. The van der Waals surface area contributed by atoms with E-state index < -0.39 is 10.7 Å². The molecule has 70 valence electrons. The number of rotatable bonds is 3. The highest BCUT2D eigenvalue weighted by atomic mass is 32.2. The van der Waals surface area contributed by atoms with Gasteiger partial charge in [-0.2, -0.15) is 0 Å². The van der Waals surface area contributed by atoms with Crippen LogP contribution < -0.4 is 0 Å². The van der Waals surface area contributed by atoms with E-state index in [0.29, 0.717) is 5.92 Å². The van der Waals surface area contributed by atoms with E-state index in [9.17, 15) is 4.79 Å². The van der Waals surface area contributed by atoms with Gasteiger partial charge in [0.15, 0.2) is 0 Å². The Morgan fingerprint density at radius 1 is 1.67 bits per heavy atom. The van der Waals surface area contributed by atoms with E-state index in [1.807, 2.05) is 0 Å². The summed E-state index contributed by atoms with van der Waals surface area (Å²) in [7, 11) is 0. The average molecular weight is 188 g/mol. The molecule has 1 aliphatic rings. The maximum atomic E-state index is 11.0. The van der Waals surface area contributed by atoms with Crippen LogP contribution in [-0.4, -0.2) is 21.6 Å². The van der Waals surface area contributed by atoms with E-state index in [4.69, 9.17) is 5.11 Å². The quantitative estimate of drug-likeness (QED) is 0.739. The van der Waals surface area contributed by atoms with Crippen molar-refractivity contribution in [1.82, 2.24) is 0 Å². The SMILES string of the molecule is CC(C)CC1(C(=O)O)CCCS1. The Kier molecular flexibility index (Phi) is 3.04. The molecule has 3 heteroatoms. The summed E-state index contributed by atoms with van der Waals surface area (Å²) in [5.41, 5.74) is 0. The van der Waals surface area contributed by atoms with Crippen LogP contribution in [0.5, 0.6) is 0 Å². The molecule has 1 rings (SSSR count). The number of thioether (sulfide) groups is 1. The molecule has 0 saturated carbocycles. The fourth-order valence-corrected chi connectivity index (χ4v) is 3.32. The summed E-state index contributed by atoms with van der Waals surface area (Å²) in [4.78, 5) is 11.0. The second kappa shape index (κ2) is 3.69. The van der Waals surface area contributed by atoms with Crippen molar-refractivity contribution in [3.8, 4) is 0 Å². The van der Waals surface area contributed by atoms with Crippen molar-refractivity contribution < 1.29 is 9.90 Å². The molecule has 0 radical (unpaired) electrons. The smallest absolute Gasteiger partial charge is 0.319 e. The second-order valence-corrected chi connectivity index (χ2v) is 5.33. The van der Waals surface area contributed by atoms with Crippen LogP contribution in [0.15, 0.2) is 0 Å². The van der Waals surface area contributed by atoms with Crippen molar-refractivity contribution in [1.29, 1.82) is 0 Å². The number of carboxylic acid groups (broad SMARTS) is 1. The van der Waals surface area contributed by atoms with Crippen LogP contribution in [0.2, 0.25) is 0 Å². The maximum absolute atomic E-state index is 11.0. The Bertz CT molecular complexity index is 171. The fraction of sp³-hybridized carbons (Fsp3) is 0.889. The molecule has 2 nitrogen and oxygen atoms in total. The molecule has 1 aliphatic heterocycles. The summed E-state index contributed by atoms with van der Waals surface area (Å²) in [6, 6.07) is 0. The third-order valence-corrected chi connectivity index (χ3v) is 3.82. The topological polar surface area (TPSA) is 37.3 Å². The normalized spacial score (nSPS) is 29.6. The van der Waals surface area contributed by atoms with Crippen LogP contribution in [0.4, 0.5) is 0 Å². The van der Waals surface area contributed by atoms with E-state index in [1.54, 1.807) is 11.8 Å². The zero-order valence-corrected chi connectivity index (χ0v) is 8.49. The van der Waals surface area contributed by atoms with Gasteiger partial charge in [0.05, 0.1) is 0 Å². The van der Waals surface area contributed by atoms with Gasteiger partial charge >= 0.3 is 5.97 Å². The summed E-state index contributed by atoms with van der Waals surface area (Å²) >= 11 is 1.63. The molecule has 1 fully saturated rings. The van der Waals surface area contributed by atoms with E-state index in [-0.39, 0.29) is 0 Å². The second-order valence-electron chi connectivity index (χ2n) is 3.85. The first kappa shape index (κ1) is 9.90. The van der Waals surface area contributed by atoms with Crippen LogP contribution in [0.3, 0.4) is 0 Å². The lowest BCUT2D eigenvalue weighted by atomic mass is 9.92. The van der Waals surface area contributed by atoms with Gasteiger partial charge in [-0.1, -0.05) is 13.8 Å². The van der Waals surface area contributed by atoms with Gasteiger partial charge < -0.3 is 5.11 Å². The number of hydrogen-bond donors (Lipinski definition) is 1. The lowest BCUT2D eigenvalue weighted by Gasteiger charge is -2.24. The maximum Gasteiger partial charge on any atom is 0.319 e. The molecule has 12 heavy (non-hydrogen) atoms. The van der Waals surface area contributed by atoms with Crippen LogP contribution in [-0.2, 0) is 4.79 Å². The summed E-state index contributed by atoms with van der Waals surface area (Å²) in [6.07, 6.45) is 2.72. The van der Waals surface area contributed by atoms with E-state index in [0.717, 1.165) is 25.0 Å². The molecule has 0 amide bonds. The largest absolute Gasteiger partial charge is 0.480 e. The average Bonchev–Trinajstić information content (AvgIpc) is 2.35. The first-order valence-electron chi connectivity index (χ1n) is 4.44. The van der Waals surface area contributed by atoms with Gasteiger partial charge in [0.25, 0.3) is 0 Å². The van der Waals surface area contributed by atoms with Gasteiger partial charge in [0.1, 0.15) is 4.75 Å². The first-order chi connectivity index (χ1) is 5.57. The molecule has 1 N–H and O–H groups in total. The molecule has 1 unspecified atom stereocenters. The molecule has 0 spiro atoms. The van der Waals surface area contributed by atoms with E-state index in [1.165, 1.54) is 0 Å². The third kappa shape index (κ3) is 1.94. The van der Waals surface area contributed by atoms with Crippen LogP contribution in [0.25, 0.3) is 0 Å². The Balaban J connectivity index is 2.65. The predicted molar refractivity (Wildman–Crippen MR) is 51.5 cm³/mol. The number of aliphatic carboxylic acids is 1. The molecule has 1 atom stereocenters. The molecule has 1 heterocycles. The van der Waals surface area contributed by atoms with Crippen molar-refractivity contribution in [3.63, 3.8) is 0 Å². The molecule has 0 aromatic rings. The molecule has 0 aromatic heterocycles. The van der Waals surface area contributed by atoms with Gasteiger partial charge in [-0.15, -0.1) is 11.8 Å². The fourth-order valence-electron chi connectivity index (χ4n) is 1.77. The number of carboxylic acids is 1. The first-order valence-corrected chi connectivity index (χ1v) is 5.43. The summed E-state index contributed by atoms with van der Waals surface area (Å²) in [5.74, 6) is 0.879. The highest BCUT2D eigenvalue weighted by molar-refractivity contribution is 8.01. The Morgan fingerprint density at radius 2 is 2.33 bits per heavy atom. The van der Waals surface area contributed by atoms with Crippen LogP contribution in [0, 0.1) is 5.92 Å². The van der Waals surface area contributed by atoms with E-state index in [2.05, 4.69) is 13.8 Å². The molecule has 0 aromatic carbocycles. The number of hydrogen-bond acceptors (Lipinski definition) is 2. The molecular formula is C9H16O2S. The Morgan fingerprint density at radius 3 is 2.67 bits per heavy atom. The highest BCUT2D eigenvalue weighted by Gasteiger charge is 2.42. The van der Waals surface area contributed by atoms with Gasteiger partial charge in [0, 0.05) is 0 Å². The minimum absolute atomic E-state index is 0.450. The van der Waals surface area contributed by atoms with Gasteiger partial charge in [-0.25, -0.2) is 0 Å². The minimum Gasteiger partial charge on any atom is -0.480 e. The molecule has 0 bridgehead atoms. The summed E-state index contributed by atoms with van der Waals surface area (Å²) < 4.78 is -0.450. The van der Waals surface area contributed by atoms with Gasteiger partial charge in [0.2, 0.25) is 0 Å². The Hall–Kier alpha value is -0.180. The van der Waals surface area contributed by atoms with Crippen LogP contribution in [0.1, 0.15) is 33.1 Å². The van der Waals surface area contributed by atoms with Crippen molar-refractivity contribution in [2.24, 2.45) is 5.92 Å². The van der Waals surface area contributed by atoms with Gasteiger partial charge in [-0.05, 0) is 30.9 Å². The highest BCUT2D eigenvalue weighted by Crippen LogP contribution is 2.42. The molecule has 0 aliphatic carbocycles. The zero-order valence-electron chi connectivity index (χ0n) is 7.67. The van der Waals surface area contributed by atoms with Crippen LogP contribution >= 0.6 is 11.8 Å². The van der Waals surface area contributed by atoms with Crippen molar-refractivity contribution >= 4 is 17.7 Å². The molecular weight excluding hydrogens is 172 g/mol. The minimum atomic E-state index is -0.612. The van der Waals surface area contributed by atoms with Gasteiger partial charge in [-0.3, -0.25) is 4.79 Å². The molecule has 1 saturated heterocycles. The Labute approximate surface area is 77.7 Å². The summed E-state index contributed by atoms with van der Waals surface area (Å²) in [6.45, 7) is 4.17. The third-order valence-electron chi connectivity index (χ3n) is 2.23. The zero-order chi connectivity index (χ0) is 9.19. The standard InChI is InChI=1S/C9H16O2S/c1-7(2)6-9(8(10)11)4-3-5-12-9/h7H,3-6H2,1-2H3,(H,10,11).